The van der Waals surface area contributed by atoms with Crippen LogP contribution in [0.4, 0.5) is 13.2 Å². The zero-order valence-corrected chi connectivity index (χ0v) is 15.3. The molecule has 1 aliphatic rings. The minimum Gasteiger partial charge on any atom is -0.489 e. The number of rotatable bonds is 6. The van der Waals surface area contributed by atoms with Crippen LogP contribution in [-0.2, 0) is 6.61 Å². The summed E-state index contributed by atoms with van der Waals surface area (Å²) in [7, 11) is 0. The maximum atomic E-state index is 12.8. The van der Waals surface area contributed by atoms with Crippen LogP contribution in [0.5, 0.6) is 11.5 Å². The molecule has 3 aromatic rings. The zero-order chi connectivity index (χ0) is 19.7. The van der Waals surface area contributed by atoms with E-state index in [2.05, 4.69) is 9.89 Å². The maximum absolute atomic E-state index is 12.8. The van der Waals surface area contributed by atoms with Gasteiger partial charge in [-0.1, -0.05) is 35.0 Å². The highest BCUT2D eigenvalue weighted by Gasteiger charge is 2.35. The van der Waals surface area contributed by atoms with Gasteiger partial charge in [-0.05, 0) is 43.2 Å². The maximum Gasteiger partial charge on any atom is 0.573 e. The highest BCUT2D eigenvalue weighted by molar-refractivity contribution is 6.30. The molecule has 0 atom stereocenters. The van der Waals surface area contributed by atoms with Gasteiger partial charge in [0.15, 0.2) is 0 Å². The third-order valence-electron chi connectivity index (χ3n) is 4.31. The molecule has 2 aromatic carbocycles. The quantitative estimate of drug-likeness (QED) is 0.476. The van der Waals surface area contributed by atoms with E-state index >= 15 is 0 Å². The summed E-state index contributed by atoms with van der Waals surface area (Å²) in [4.78, 5) is 0. The molecule has 4 rings (SSSR count). The van der Waals surface area contributed by atoms with Crippen LogP contribution in [-0.4, -0.2) is 11.5 Å². The van der Waals surface area contributed by atoms with Gasteiger partial charge in [-0.3, -0.25) is 0 Å². The summed E-state index contributed by atoms with van der Waals surface area (Å²) in [5, 5.41) is 4.56. The number of benzene rings is 2. The van der Waals surface area contributed by atoms with Gasteiger partial charge >= 0.3 is 6.36 Å². The SMILES string of the molecule is FC(F)(F)Oc1ccccc1-c1noc(C2CC2)c1COc1cccc(Cl)c1. The molecular formula is C20H15ClF3NO3. The van der Waals surface area contributed by atoms with Crippen LogP contribution in [0.25, 0.3) is 11.3 Å². The number of halogens is 4. The molecule has 1 saturated carbocycles. The molecule has 1 fully saturated rings. The van der Waals surface area contributed by atoms with Gasteiger partial charge in [-0.2, -0.15) is 0 Å². The molecule has 0 bridgehead atoms. The highest BCUT2D eigenvalue weighted by Crippen LogP contribution is 2.45. The number of alkyl halides is 3. The van der Waals surface area contributed by atoms with Crippen molar-refractivity contribution >= 4 is 11.6 Å². The summed E-state index contributed by atoms with van der Waals surface area (Å²) in [5.41, 5.74) is 1.09. The van der Waals surface area contributed by atoms with Crippen LogP contribution in [0.2, 0.25) is 5.02 Å². The first kappa shape index (κ1) is 18.7. The highest BCUT2D eigenvalue weighted by atomic mass is 35.5. The minimum absolute atomic E-state index is 0.0887. The molecule has 1 heterocycles. The Hall–Kier alpha value is -2.67. The van der Waals surface area contributed by atoms with E-state index in [0.29, 0.717) is 22.1 Å². The van der Waals surface area contributed by atoms with Gasteiger partial charge in [-0.15, -0.1) is 13.2 Å². The van der Waals surface area contributed by atoms with E-state index in [4.69, 9.17) is 20.9 Å². The lowest BCUT2D eigenvalue weighted by molar-refractivity contribution is -0.274. The fraction of sp³-hybridized carbons (Fsp3) is 0.250. The minimum atomic E-state index is -4.81. The molecule has 0 saturated heterocycles. The second-order valence-corrected chi connectivity index (χ2v) is 6.87. The number of hydrogen-bond donors (Lipinski definition) is 0. The molecule has 0 N–H and O–H groups in total. The van der Waals surface area contributed by atoms with Crippen molar-refractivity contribution in [2.45, 2.75) is 31.7 Å². The van der Waals surface area contributed by atoms with Gasteiger partial charge in [0.2, 0.25) is 0 Å². The van der Waals surface area contributed by atoms with E-state index in [1.165, 1.54) is 18.2 Å². The summed E-state index contributed by atoms with van der Waals surface area (Å²) in [6.07, 6.45) is -2.92. The van der Waals surface area contributed by atoms with Gasteiger partial charge in [0.25, 0.3) is 0 Å². The van der Waals surface area contributed by atoms with E-state index in [1.807, 2.05) is 0 Å². The van der Waals surface area contributed by atoms with Gasteiger partial charge < -0.3 is 14.0 Å². The first-order chi connectivity index (χ1) is 13.4. The van der Waals surface area contributed by atoms with Crippen molar-refractivity contribution in [3.8, 4) is 22.8 Å². The third-order valence-corrected chi connectivity index (χ3v) is 4.55. The lowest BCUT2D eigenvalue weighted by atomic mass is 10.0. The van der Waals surface area contributed by atoms with Crippen molar-refractivity contribution in [2.24, 2.45) is 0 Å². The standard InChI is InChI=1S/C20H15ClF3NO3/c21-13-4-3-5-14(10-13)26-11-16-18(25-28-19(16)12-8-9-12)15-6-1-2-7-17(15)27-20(22,23)24/h1-7,10,12H,8-9,11H2. The second-order valence-electron chi connectivity index (χ2n) is 6.44. The predicted octanol–water partition coefficient (Wildman–Crippen LogP) is 6.35. The average molecular weight is 410 g/mol. The van der Waals surface area contributed by atoms with Crippen LogP contribution >= 0.6 is 11.6 Å². The van der Waals surface area contributed by atoms with E-state index in [9.17, 15) is 13.2 Å². The monoisotopic (exact) mass is 409 g/mol. The Kier molecular flexibility index (Phi) is 4.93. The van der Waals surface area contributed by atoms with Crippen molar-refractivity contribution in [2.75, 3.05) is 0 Å². The number of para-hydroxylation sites is 1. The predicted molar refractivity (Wildman–Crippen MR) is 96.4 cm³/mol. The topological polar surface area (TPSA) is 44.5 Å². The Morgan fingerprint density at radius 2 is 1.89 bits per heavy atom. The normalized spacial score (nSPS) is 14.1. The average Bonchev–Trinajstić information content (AvgIpc) is 3.39. The fourth-order valence-corrected chi connectivity index (χ4v) is 3.11. The van der Waals surface area contributed by atoms with Crippen LogP contribution < -0.4 is 9.47 Å². The Morgan fingerprint density at radius 1 is 1.11 bits per heavy atom. The number of ether oxygens (including phenoxy) is 2. The molecule has 4 nitrogen and oxygen atoms in total. The summed E-state index contributed by atoms with van der Waals surface area (Å²) >= 11 is 5.97. The van der Waals surface area contributed by atoms with Gasteiger partial charge in [0, 0.05) is 16.5 Å². The third kappa shape index (κ3) is 4.25. The first-order valence-electron chi connectivity index (χ1n) is 8.62. The molecule has 28 heavy (non-hydrogen) atoms. The smallest absolute Gasteiger partial charge is 0.489 e. The van der Waals surface area contributed by atoms with Gasteiger partial charge in [-0.25, -0.2) is 0 Å². The molecule has 0 aliphatic heterocycles. The first-order valence-corrected chi connectivity index (χ1v) is 9.00. The van der Waals surface area contributed by atoms with Crippen molar-refractivity contribution in [1.29, 1.82) is 0 Å². The molecule has 0 amide bonds. The molecular weight excluding hydrogens is 395 g/mol. The van der Waals surface area contributed by atoms with Crippen molar-refractivity contribution < 1.29 is 27.2 Å². The summed E-state index contributed by atoms with van der Waals surface area (Å²) in [6, 6.07) is 12.7. The Labute approximate surface area is 163 Å². The molecule has 1 aromatic heterocycles. The molecule has 0 spiro atoms. The van der Waals surface area contributed by atoms with Gasteiger partial charge in [0.05, 0.1) is 5.56 Å². The van der Waals surface area contributed by atoms with Crippen LogP contribution in [0.1, 0.15) is 30.1 Å². The molecule has 0 radical (unpaired) electrons. The fourth-order valence-electron chi connectivity index (χ4n) is 2.93. The van der Waals surface area contributed by atoms with Crippen LogP contribution in [0, 0.1) is 0 Å². The molecule has 8 heteroatoms. The van der Waals surface area contributed by atoms with Crippen molar-refractivity contribution in [3.05, 3.63) is 64.9 Å². The molecule has 1 aliphatic carbocycles. The summed E-state index contributed by atoms with van der Waals surface area (Å²) in [5.74, 6) is 1.05. The summed E-state index contributed by atoms with van der Waals surface area (Å²) < 4.78 is 53.8. The molecule has 146 valence electrons. The number of nitrogens with zero attached hydrogens (tertiary/aromatic N) is 1. The lowest BCUT2D eigenvalue weighted by Crippen LogP contribution is -2.17. The number of aromatic nitrogens is 1. The van der Waals surface area contributed by atoms with Crippen LogP contribution in [0.15, 0.2) is 53.1 Å². The zero-order valence-electron chi connectivity index (χ0n) is 14.5. The second kappa shape index (κ2) is 7.39. The summed E-state index contributed by atoms with van der Waals surface area (Å²) in [6.45, 7) is 0.0887. The van der Waals surface area contributed by atoms with Crippen molar-refractivity contribution in [3.63, 3.8) is 0 Å². The van der Waals surface area contributed by atoms with E-state index in [0.717, 1.165) is 12.8 Å². The largest absolute Gasteiger partial charge is 0.573 e. The van der Waals surface area contributed by atoms with E-state index in [1.54, 1.807) is 30.3 Å². The van der Waals surface area contributed by atoms with Crippen LogP contribution in [0.3, 0.4) is 0 Å². The van der Waals surface area contributed by atoms with E-state index in [-0.39, 0.29) is 29.5 Å². The molecule has 0 unspecified atom stereocenters. The Bertz CT molecular complexity index is 983. The van der Waals surface area contributed by atoms with Gasteiger partial charge in [0.1, 0.15) is 29.6 Å². The van der Waals surface area contributed by atoms with Crippen molar-refractivity contribution in [1.82, 2.24) is 5.16 Å². The van der Waals surface area contributed by atoms with E-state index < -0.39 is 6.36 Å². The Morgan fingerprint density at radius 3 is 2.61 bits per heavy atom. The Balaban J connectivity index is 1.69. The number of hydrogen-bond acceptors (Lipinski definition) is 4. The lowest BCUT2D eigenvalue weighted by Gasteiger charge is -2.13.